The second-order valence-electron chi connectivity index (χ2n) is 4.92. The first-order valence-electron chi connectivity index (χ1n) is 6.52. The minimum Gasteiger partial charge on any atom is -0.506 e. The average molecular weight is 310 g/mol. The Morgan fingerprint density at radius 3 is 2.65 bits per heavy atom. The maximum absolute atomic E-state index is 9.88. The summed E-state index contributed by atoms with van der Waals surface area (Å²) in [6, 6.07) is 14.1. The molecule has 20 heavy (non-hydrogen) atoms. The van der Waals surface area contributed by atoms with Crippen LogP contribution in [0.25, 0.3) is 0 Å². The molecule has 1 heterocycles. The van der Waals surface area contributed by atoms with Gasteiger partial charge in [-0.1, -0.05) is 41.9 Å². The van der Waals surface area contributed by atoms with E-state index in [9.17, 15) is 5.11 Å². The van der Waals surface area contributed by atoms with Crippen LogP contribution in [0.1, 0.15) is 22.6 Å². The van der Waals surface area contributed by atoms with Gasteiger partial charge in [0, 0.05) is 12.5 Å². The van der Waals surface area contributed by atoms with Gasteiger partial charge in [0.15, 0.2) is 0 Å². The third kappa shape index (κ3) is 2.93. The van der Waals surface area contributed by atoms with Crippen molar-refractivity contribution in [3.63, 3.8) is 0 Å². The molecular formula is C16H17Cl2NO. The highest BCUT2D eigenvalue weighted by Gasteiger charge is 2.21. The van der Waals surface area contributed by atoms with Crippen molar-refractivity contribution < 1.29 is 5.11 Å². The van der Waals surface area contributed by atoms with E-state index in [0.29, 0.717) is 5.02 Å². The molecule has 0 unspecified atom stereocenters. The van der Waals surface area contributed by atoms with E-state index in [-0.39, 0.29) is 24.1 Å². The van der Waals surface area contributed by atoms with Gasteiger partial charge in [0.05, 0.1) is 5.02 Å². The Balaban J connectivity index is 0.00000147. The summed E-state index contributed by atoms with van der Waals surface area (Å²) < 4.78 is 0. The molecule has 2 aromatic carbocycles. The summed E-state index contributed by atoms with van der Waals surface area (Å²) in [6.07, 6.45) is 0.943. The number of phenols is 1. The summed E-state index contributed by atoms with van der Waals surface area (Å²) in [5.41, 5.74) is 3.67. The largest absolute Gasteiger partial charge is 0.506 e. The number of nitrogens with one attached hydrogen (secondary N) is 1. The Morgan fingerprint density at radius 1 is 1.15 bits per heavy atom. The molecule has 3 rings (SSSR count). The molecule has 0 bridgehead atoms. The first-order chi connectivity index (χ1) is 9.25. The molecule has 0 saturated heterocycles. The zero-order valence-electron chi connectivity index (χ0n) is 11.0. The van der Waals surface area contributed by atoms with Crippen LogP contribution in [0.15, 0.2) is 42.5 Å². The monoisotopic (exact) mass is 309 g/mol. The van der Waals surface area contributed by atoms with Crippen LogP contribution in [-0.4, -0.2) is 18.2 Å². The third-order valence-electron chi connectivity index (χ3n) is 3.71. The molecule has 0 aromatic heterocycles. The van der Waals surface area contributed by atoms with E-state index in [1.165, 1.54) is 16.7 Å². The standard InChI is InChI=1S/C16H16ClNO.ClH/c17-15-8-12-6-7-18-10-14(13(12)9-16(15)19)11-4-2-1-3-5-11;/h1-5,8-9,14,18-19H,6-7,10H2;1H/t14-;/m1./s1. The van der Waals surface area contributed by atoms with E-state index in [4.69, 9.17) is 11.6 Å². The lowest BCUT2D eigenvalue weighted by Gasteiger charge is -2.19. The number of fused-ring (bicyclic) bond motifs is 1. The van der Waals surface area contributed by atoms with Crippen molar-refractivity contribution in [2.45, 2.75) is 12.3 Å². The molecule has 0 fully saturated rings. The van der Waals surface area contributed by atoms with Gasteiger partial charge < -0.3 is 10.4 Å². The lowest BCUT2D eigenvalue weighted by molar-refractivity contribution is 0.474. The highest BCUT2D eigenvalue weighted by molar-refractivity contribution is 6.32. The fraction of sp³-hybridized carbons (Fsp3) is 0.250. The molecule has 1 aliphatic heterocycles. The molecule has 2 aromatic rings. The van der Waals surface area contributed by atoms with E-state index in [0.717, 1.165) is 19.5 Å². The summed E-state index contributed by atoms with van der Waals surface area (Å²) in [5.74, 6) is 0.435. The second kappa shape index (κ2) is 6.49. The average Bonchev–Trinajstić information content (AvgIpc) is 2.63. The number of benzene rings is 2. The molecule has 1 atom stereocenters. The maximum Gasteiger partial charge on any atom is 0.134 e. The number of phenolic OH excluding ortho intramolecular Hbond substituents is 1. The lowest BCUT2D eigenvalue weighted by Crippen LogP contribution is -2.20. The Labute approximate surface area is 130 Å². The molecular weight excluding hydrogens is 293 g/mol. The Hall–Kier alpha value is -1.22. The SMILES string of the molecule is Cl.Oc1cc2c(cc1Cl)CCNC[C@@H]2c1ccccc1. The molecule has 106 valence electrons. The van der Waals surface area contributed by atoms with Crippen LogP contribution >= 0.6 is 24.0 Å². The van der Waals surface area contributed by atoms with Crippen LogP contribution in [0.3, 0.4) is 0 Å². The van der Waals surface area contributed by atoms with Gasteiger partial charge in [-0.15, -0.1) is 12.4 Å². The highest BCUT2D eigenvalue weighted by atomic mass is 35.5. The number of halogens is 2. The molecule has 0 aliphatic carbocycles. The van der Waals surface area contributed by atoms with Crippen LogP contribution in [0.2, 0.25) is 5.02 Å². The van der Waals surface area contributed by atoms with Gasteiger partial charge >= 0.3 is 0 Å². The van der Waals surface area contributed by atoms with Crippen molar-refractivity contribution in [3.8, 4) is 5.75 Å². The Morgan fingerprint density at radius 2 is 1.90 bits per heavy atom. The minimum atomic E-state index is 0. The first-order valence-corrected chi connectivity index (χ1v) is 6.90. The lowest BCUT2D eigenvalue weighted by atomic mass is 9.88. The normalized spacial score (nSPS) is 17.8. The van der Waals surface area contributed by atoms with E-state index in [2.05, 4.69) is 29.6 Å². The van der Waals surface area contributed by atoms with Crippen molar-refractivity contribution in [2.75, 3.05) is 13.1 Å². The number of hydrogen-bond donors (Lipinski definition) is 2. The van der Waals surface area contributed by atoms with E-state index in [1.54, 1.807) is 0 Å². The van der Waals surface area contributed by atoms with Gasteiger partial charge in [0.25, 0.3) is 0 Å². The summed E-state index contributed by atoms with van der Waals surface area (Å²) in [6.45, 7) is 1.83. The summed E-state index contributed by atoms with van der Waals surface area (Å²) in [5, 5.41) is 13.8. The van der Waals surface area contributed by atoms with Crippen molar-refractivity contribution in [1.29, 1.82) is 0 Å². The number of rotatable bonds is 1. The third-order valence-corrected chi connectivity index (χ3v) is 4.01. The second-order valence-corrected chi connectivity index (χ2v) is 5.33. The summed E-state index contributed by atoms with van der Waals surface area (Å²) in [4.78, 5) is 0. The van der Waals surface area contributed by atoms with Crippen LogP contribution in [0.5, 0.6) is 5.75 Å². The minimum absolute atomic E-state index is 0. The predicted octanol–water partition coefficient (Wildman–Crippen LogP) is 3.75. The van der Waals surface area contributed by atoms with Gasteiger partial charge in [-0.2, -0.15) is 0 Å². The van der Waals surface area contributed by atoms with Crippen molar-refractivity contribution in [2.24, 2.45) is 0 Å². The van der Waals surface area contributed by atoms with Crippen molar-refractivity contribution in [3.05, 3.63) is 64.2 Å². The van der Waals surface area contributed by atoms with Gasteiger partial charge in [0.2, 0.25) is 0 Å². The van der Waals surface area contributed by atoms with Crippen LogP contribution in [0.4, 0.5) is 0 Å². The summed E-state index contributed by atoms with van der Waals surface area (Å²) in [7, 11) is 0. The first kappa shape index (κ1) is 15.2. The van der Waals surface area contributed by atoms with Gasteiger partial charge in [0.1, 0.15) is 5.75 Å². The quantitative estimate of drug-likeness (QED) is 0.841. The Kier molecular flexibility index (Phi) is 4.92. The van der Waals surface area contributed by atoms with Gasteiger partial charge in [-0.3, -0.25) is 0 Å². The van der Waals surface area contributed by atoms with Crippen molar-refractivity contribution in [1.82, 2.24) is 5.32 Å². The molecule has 2 N–H and O–H groups in total. The fourth-order valence-corrected chi connectivity index (χ4v) is 2.91. The van der Waals surface area contributed by atoms with Crippen molar-refractivity contribution >= 4 is 24.0 Å². The van der Waals surface area contributed by atoms with E-state index >= 15 is 0 Å². The molecule has 0 radical (unpaired) electrons. The highest BCUT2D eigenvalue weighted by Crippen LogP contribution is 2.35. The maximum atomic E-state index is 9.88. The van der Waals surface area contributed by atoms with E-state index < -0.39 is 0 Å². The topological polar surface area (TPSA) is 32.3 Å². The smallest absolute Gasteiger partial charge is 0.134 e. The van der Waals surface area contributed by atoms with Crippen LogP contribution in [0, 0.1) is 0 Å². The van der Waals surface area contributed by atoms with E-state index in [1.807, 2.05) is 18.2 Å². The molecule has 0 amide bonds. The molecule has 0 spiro atoms. The Bertz CT molecular complexity index is 587. The van der Waals surface area contributed by atoms with Gasteiger partial charge in [-0.05, 0) is 41.8 Å². The predicted molar refractivity (Wildman–Crippen MR) is 85.2 cm³/mol. The molecule has 2 nitrogen and oxygen atoms in total. The zero-order valence-corrected chi connectivity index (χ0v) is 12.5. The molecule has 4 heteroatoms. The molecule has 1 aliphatic rings. The summed E-state index contributed by atoms with van der Waals surface area (Å²) >= 11 is 6.02. The van der Waals surface area contributed by atoms with Gasteiger partial charge in [-0.25, -0.2) is 0 Å². The van der Waals surface area contributed by atoms with Crippen LogP contribution in [-0.2, 0) is 6.42 Å². The number of aromatic hydroxyl groups is 1. The number of hydrogen-bond acceptors (Lipinski definition) is 2. The fourth-order valence-electron chi connectivity index (χ4n) is 2.72. The zero-order chi connectivity index (χ0) is 13.2. The van der Waals surface area contributed by atoms with Crippen LogP contribution < -0.4 is 5.32 Å². The molecule has 0 saturated carbocycles.